The minimum atomic E-state index is -0.485. The van der Waals surface area contributed by atoms with Crippen molar-refractivity contribution in [1.82, 2.24) is 0 Å². The van der Waals surface area contributed by atoms with Crippen LogP contribution in [0, 0.1) is 56.7 Å². The van der Waals surface area contributed by atoms with Gasteiger partial charge in [-0.25, -0.2) is 0 Å². The maximum atomic E-state index is 12.9. The van der Waals surface area contributed by atoms with E-state index in [9.17, 15) is 9.90 Å². The van der Waals surface area contributed by atoms with Gasteiger partial charge in [0.05, 0.1) is 6.10 Å². The summed E-state index contributed by atoms with van der Waals surface area (Å²) in [6.07, 6.45) is 10.1. The second kappa shape index (κ2) is 6.73. The van der Waals surface area contributed by atoms with Crippen molar-refractivity contribution in [1.29, 1.82) is 0 Å². The number of hydrogen-bond donors (Lipinski definition) is 1. The molecule has 0 aromatic carbocycles. The van der Waals surface area contributed by atoms with E-state index in [0.717, 1.165) is 18.3 Å². The molecule has 0 saturated heterocycles. The molecule has 5 aliphatic carbocycles. The summed E-state index contributed by atoms with van der Waals surface area (Å²) in [5.74, 6) is 3.31. The molecule has 32 heavy (non-hydrogen) atoms. The summed E-state index contributed by atoms with van der Waals surface area (Å²) in [6, 6.07) is 0. The summed E-state index contributed by atoms with van der Waals surface area (Å²) in [5.41, 5.74) is 1.99. The number of carbonyl (C=O) groups excluding carboxylic acids is 1. The van der Waals surface area contributed by atoms with E-state index in [4.69, 9.17) is 0 Å². The molecule has 0 amide bonds. The number of carbonyl (C=O) groups is 1. The van der Waals surface area contributed by atoms with Crippen LogP contribution in [-0.4, -0.2) is 17.0 Å². The maximum Gasteiger partial charge on any atom is 0.141 e. The van der Waals surface area contributed by atoms with Crippen molar-refractivity contribution in [2.45, 2.75) is 112 Å². The second-order valence-corrected chi connectivity index (χ2v) is 14.6. The van der Waals surface area contributed by atoms with Crippen LogP contribution < -0.4 is 0 Å². The molecule has 180 valence electrons. The summed E-state index contributed by atoms with van der Waals surface area (Å²) in [6.45, 7) is 21.3. The summed E-state index contributed by atoms with van der Waals surface area (Å²) < 4.78 is 0. The minimum absolute atomic E-state index is 0.150. The molecular formula is C30H48O2. The van der Waals surface area contributed by atoms with Gasteiger partial charge in [0.25, 0.3) is 0 Å². The SMILES string of the molecule is C=C(C)[C@@H]1CC[C@]2(C)CC[C@]3(C)[C@@H](CC[C@H]4[C@@]5(C)[C@H](O)CC(=O)C(C)(C)[C@H]5CC[C@]43C)[C@@H]12. The predicted octanol–water partition coefficient (Wildman–Crippen LogP) is 7.20. The second-order valence-electron chi connectivity index (χ2n) is 14.6. The minimum Gasteiger partial charge on any atom is -0.392 e. The van der Waals surface area contributed by atoms with Crippen LogP contribution in [0.1, 0.15) is 106 Å². The molecule has 0 bridgehead atoms. The van der Waals surface area contributed by atoms with Crippen LogP contribution in [0.15, 0.2) is 12.2 Å². The molecule has 2 heteroatoms. The fourth-order valence-corrected chi connectivity index (χ4v) is 11.2. The van der Waals surface area contributed by atoms with E-state index in [1.807, 2.05) is 0 Å². The third-order valence-electron chi connectivity index (χ3n) is 13.3. The van der Waals surface area contributed by atoms with Crippen LogP contribution in [0.3, 0.4) is 0 Å². The molecule has 5 rings (SSSR count). The van der Waals surface area contributed by atoms with Gasteiger partial charge in [-0.3, -0.25) is 4.79 Å². The molecule has 0 unspecified atom stereocenters. The Morgan fingerprint density at radius 1 is 0.875 bits per heavy atom. The first-order valence-corrected chi connectivity index (χ1v) is 13.6. The molecule has 10 atom stereocenters. The highest BCUT2D eigenvalue weighted by atomic mass is 16.3. The molecule has 5 fully saturated rings. The fourth-order valence-electron chi connectivity index (χ4n) is 11.2. The lowest BCUT2D eigenvalue weighted by Gasteiger charge is -2.72. The van der Waals surface area contributed by atoms with Crippen LogP contribution in [0.2, 0.25) is 0 Å². The molecule has 0 aromatic rings. The third-order valence-corrected chi connectivity index (χ3v) is 13.3. The topological polar surface area (TPSA) is 37.3 Å². The van der Waals surface area contributed by atoms with Gasteiger partial charge < -0.3 is 5.11 Å². The van der Waals surface area contributed by atoms with Gasteiger partial charge in [-0.15, -0.1) is 0 Å². The average Bonchev–Trinajstić information content (AvgIpc) is 3.05. The van der Waals surface area contributed by atoms with Crippen molar-refractivity contribution < 1.29 is 9.90 Å². The zero-order chi connectivity index (χ0) is 23.5. The zero-order valence-corrected chi connectivity index (χ0v) is 21.9. The Bertz CT molecular complexity index is 842. The number of rotatable bonds is 1. The van der Waals surface area contributed by atoms with Gasteiger partial charge >= 0.3 is 0 Å². The van der Waals surface area contributed by atoms with Crippen molar-refractivity contribution in [2.24, 2.45) is 56.7 Å². The van der Waals surface area contributed by atoms with E-state index in [-0.39, 0.29) is 22.0 Å². The fraction of sp³-hybridized carbons (Fsp3) is 0.900. The quantitative estimate of drug-likeness (QED) is 0.438. The van der Waals surface area contributed by atoms with Gasteiger partial charge in [-0.1, -0.05) is 53.7 Å². The number of Topliss-reactive ketones (excluding diaryl/α,β-unsaturated/α-hetero) is 1. The monoisotopic (exact) mass is 440 g/mol. The predicted molar refractivity (Wildman–Crippen MR) is 131 cm³/mol. The van der Waals surface area contributed by atoms with E-state index in [2.05, 4.69) is 55.0 Å². The zero-order valence-electron chi connectivity index (χ0n) is 21.9. The lowest BCUT2D eigenvalue weighted by molar-refractivity contribution is -0.254. The smallest absolute Gasteiger partial charge is 0.141 e. The standard InChI is InChI=1S/C30H48O2/c1-18(2)19-11-13-27(5)15-16-28(6)20(25(19)27)9-10-22-29(28,7)14-12-21-26(3,4)23(31)17-24(32)30(21,22)8/h19-22,24-25,32H,1,9-17H2,2-8H3/t19-,20-,21+,22+,24+,25+,27+,28+,29+,30-/m0/s1. The van der Waals surface area contributed by atoms with Crippen LogP contribution >= 0.6 is 0 Å². The van der Waals surface area contributed by atoms with Crippen molar-refractivity contribution in [2.75, 3.05) is 0 Å². The molecule has 5 aliphatic rings. The Balaban J connectivity index is 1.57. The normalized spacial score (nSPS) is 56.6. The summed E-state index contributed by atoms with van der Waals surface area (Å²) >= 11 is 0. The molecule has 0 radical (unpaired) electrons. The number of allylic oxidation sites excluding steroid dienone is 1. The first kappa shape index (κ1) is 23.1. The number of aliphatic hydroxyl groups excluding tert-OH is 1. The van der Waals surface area contributed by atoms with E-state index < -0.39 is 6.10 Å². The van der Waals surface area contributed by atoms with Gasteiger partial charge in [0.2, 0.25) is 0 Å². The Morgan fingerprint density at radius 3 is 2.22 bits per heavy atom. The molecule has 0 heterocycles. The third kappa shape index (κ3) is 2.55. The Morgan fingerprint density at radius 2 is 1.56 bits per heavy atom. The van der Waals surface area contributed by atoms with E-state index in [1.54, 1.807) is 0 Å². The lowest BCUT2D eigenvalue weighted by Crippen LogP contribution is -2.69. The molecular weight excluding hydrogens is 392 g/mol. The lowest BCUT2D eigenvalue weighted by atomic mass is 9.32. The number of aliphatic hydroxyl groups is 1. The first-order valence-electron chi connectivity index (χ1n) is 13.6. The largest absolute Gasteiger partial charge is 0.392 e. The average molecular weight is 441 g/mol. The first-order chi connectivity index (χ1) is 14.7. The van der Waals surface area contributed by atoms with Crippen molar-refractivity contribution >= 4 is 5.78 Å². The Labute approximate surface area is 197 Å². The number of fused-ring (bicyclic) bond motifs is 7. The van der Waals surface area contributed by atoms with Crippen LogP contribution in [0.5, 0.6) is 0 Å². The van der Waals surface area contributed by atoms with Crippen LogP contribution in [-0.2, 0) is 4.79 Å². The summed E-state index contributed by atoms with van der Waals surface area (Å²) in [5, 5.41) is 11.5. The van der Waals surface area contributed by atoms with Gasteiger partial charge in [-0.2, -0.15) is 0 Å². The van der Waals surface area contributed by atoms with Gasteiger partial charge in [-0.05, 0) is 104 Å². The molecule has 0 spiro atoms. The summed E-state index contributed by atoms with van der Waals surface area (Å²) in [4.78, 5) is 12.9. The Hall–Kier alpha value is -0.630. The van der Waals surface area contributed by atoms with Gasteiger partial charge in [0, 0.05) is 17.3 Å². The van der Waals surface area contributed by atoms with Gasteiger partial charge in [0.1, 0.15) is 5.78 Å². The van der Waals surface area contributed by atoms with E-state index in [1.165, 1.54) is 50.5 Å². The highest BCUT2D eigenvalue weighted by Gasteiger charge is 2.71. The molecule has 0 aliphatic heterocycles. The van der Waals surface area contributed by atoms with Crippen molar-refractivity contribution in [3.05, 3.63) is 12.2 Å². The van der Waals surface area contributed by atoms with E-state index >= 15 is 0 Å². The number of hydrogen-bond acceptors (Lipinski definition) is 2. The number of ketones is 1. The van der Waals surface area contributed by atoms with E-state index in [0.29, 0.717) is 35.0 Å². The Kier molecular flexibility index (Phi) is 4.87. The molecule has 2 nitrogen and oxygen atoms in total. The maximum absolute atomic E-state index is 12.9. The van der Waals surface area contributed by atoms with Crippen LogP contribution in [0.4, 0.5) is 0 Å². The summed E-state index contributed by atoms with van der Waals surface area (Å²) in [7, 11) is 0. The molecule has 1 N–H and O–H groups in total. The van der Waals surface area contributed by atoms with Crippen molar-refractivity contribution in [3.63, 3.8) is 0 Å². The molecule has 5 saturated carbocycles. The van der Waals surface area contributed by atoms with Crippen molar-refractivity contribution in [3.8, 4) is 0 Å². The highest BCUT2D eigenvalue weighted by molar-refractivity contribution is 5.86. The van der Waals surface area contributed by atoms with Crippen LogP contribution in [0.25, 0.3) is 0 Å². The molecule has 0 aromatic heterocycles. The highest BCUT2D eigenvalue weighted by Crippen LogP contribution is 2.77. The van der Waals surface area contributed by atoms with Gasteiger partial charge in [0.15, 0.2) is 0 Å².